The van der Waals surface area contributed by atoms with Crippen LogP contribution in [0.4, 0.5) is 0 Å². The van der Waals surface area contributed by atoms with Gasteiger partial charge >= 0.3 is 37.7 Å². The average Bonchev–Trinajstić information content (AvgIpc) is 2.84. The molecule has 2 aromatic heterocycles. The second-order valence-corrected chi connectivity index (χ2v) is 12.9. The average molecular weight is 682 g/mol. The molecule has 23 heavy (non-hydrogen) atoms. The number of hydrogen-bond donors (Lipinski definition) is 0. The van der Waals surface area contributed by atoms with Crippen molar-refractivity contribution in [3.05, 3.63) is 28.7 Å². The van der Waals surface area contributed by atoms with Gasteiger partial charge in [-0.3, -0.25) is 0 Å². The van der Waals surface area contributed by atoms with Crippen molar-refractivity contribution < 1.29 is 25.9 Å². The number of hydrogen-bond acceptors (Lipinski definition) is 8. The quantitative estimate of drug-likeness (QED) is 0.350. The minimum Gasteiger partial charge on any atom is -0.743 e. The summed E-state index contributed by atoms with van der Waals surface area (Å²) in [5.74, 6) is 0. The molecule has 2 rings (SSSR count). The van der Waals surface area contributed by atoms with Crippen LogP contribution in [-0.4, -0.2) is 63.7 Å². The van der Waals surface area contributed by atoms with E-state index in [4.69, 9.17) is 0 Å². The smallest absolute Gasteiger partial charge is 0.743 e. The van der Waals surface area contributed by atoms with Gasteiger partial charge in [0.25, 0.3) is 0 Å². The van der Waals surface area contributed by atoms with Crippen LogP contribution in [0.1, 0.15) is 0 Å². The molecule has 0 aromatic carbocycles. The third-order valence-electron chi connectivity index (χ3n) is 1.74. The fraction of sp³-hybridized carbons (Fsp3) is 0. The van der Waals surface area contributed by atoms with E-state index in [1.165, 1.54) is 12.1 Å². The molecule has 0 unspecified atom stereocenters. The number of rotatable bonds is 2. The molecule has 0 amide bonds. The van der Waals surface area contributed by atoms with E-state index in [2.05, 4.69) is 63.7 Å². The predicted molar refractivity (Wildman–Crippen MR) is 101 cm³/mol. The third-order valence-corrected chi connectivity index (χ3v) is 10.8. The first-order valence-corrected chi connectivity index (χ1v) is 12.3. The molecule has 0 fully saturated rings. The van der Waals surface area contributed by atoms with Crippen molar-refractivity contribution in [1.82, 2.24) is 0 Å². The normalized spacial score (nSPS) is 11.4. The molecular formula is C8H2Br4CaO6S4. The van der Waals surface area contributed by atoms with Crippen LogP contribution < -0.4 is 0 Å². The molecule has 0 aliphatic rings. The van der Waals surface area contributed by atoms with Crippen molar-refractivity contribution in [3.63, 3.8) is 0 Å². The fourth-order valence-corrected chi connectivity index (χ4v) is 7.23. The second kappa shape index (κ2) is 10.1. The first kappa shape index (κ1) is 25.4. The van der Waals surface area contributed by atoms with Crippen molar-refractivity contribution in [2.75, 3.05) is 0 Å². The fourth-order valence-electron chi connectivity index (χ4n) is 0.900. The van der Waals surface area contributed by atoms with Gasteiger partial charge in [0.2, 0.25) is 0 Å². The van der Waals surface area contributed by atoms with Gasteiger partial charge in [-0.25, -0.2) is 16.8 Å². The monoisotopic (exact) mass is 678 g/mol. The maximum absolute atomic E-state index is 10.4. The second-order valence-electron chi connectivity index (χ2n) is 3.28. The summed E-state index contributed by atoms with van der Waals surface area (Å²) in [5, 5.41) is 0. The molecule has 0 radical (unpaired) electrons. The van der Waals surface area contributed by atoms with Crippen LogP contribution in [0, 0.1) is 0 Å². The maximum atomic E-state index is 10.4. The number of halogens is 4. The van der Waals surface area contributed by atoms with Crippen LogP contribution in [0.3, 0.4) is 0 Å². The van der Waals surface area contributed by atoms with Crippen LogP contribution in [0.2, 0.25) is 0 Å². The van der Waals surface area contributed by atoms with E-state index in [0.29, 0.717) is 16.5 Å². The largest absolute Gasteiger partial charge is 2.00 e. The summed E-state index contributed by atoms with van der Waals surface area (Å²) in [7, 11) is -8.59. The molecule has 0 aliphatic carbocycles. The Morgan fingerprint density at radius 1 is 0.739 bits per heavy atom. The van der Waals surface area contributed by atoms with Crippen molar-refractivity contribution >= 4 is 144 Å². The molecule has 0 N–H and O–H groups in total. The molecule has 124 valence electrons. The maximum Gasteiger partial charge on any atom is 2.00 e. The summed E-state index contributed by atoms with van der Waals surface area (Å²) < 4.78 is 64.5. The number of thiophene rings is 2. The zero-order valence-corrected chi connectivity index (χ0v) is 22.3. The molecule has 6 nitrogen and oxygen atoms in total. The summed E-state index contributed by atoms with van der Waals surface area (Å²) in [5.41, 5.74) is 0. The van der Waals surface area contributed by atoms with Gasteiger partial charge in [0.05, 0.1) is 7.57 Å². The Kier molecular flexibility index (Phi) is 11.1. The first-order valence-electron chi connectivity index (χ1n) is 4.64. The van der Waals surface area contributed by atoms with Gasteiger partial charge in [-0.1, -0.05) is 0 Å². The summed E-state index contributed by atoms with van der Waals surface area (Å²) in [4.78, 5) is 0. The van der Waals surface area contributed by atoms with Crippen LogP contribution in [0.5, 0.6) is 0 Å². The van der Waals surface area contributed by atoms with E-state index < -0.39 is 20.2 Å². The molecule has 2 aromatic rings. The van der Waals surface area contributed by atoms with E-state index in [9.17, 15) is 25.9 Å². The zero-order chi connectivity index (χ0) is 17.3. The van der Waals surface area contributed by atoms with Crippen LogP contribution in [0.15, 0.2) is 37.1 Å². The van der Waals surface area contributed by atoms with E-state index in [1.54, 1.807) is 0 Å². The van der Waals surface area contributed by atoms with Crippen molar-refractivity contribution in [2.45, 2.75) is 8.42 Å². The molecule has 2 heterocycles. The van der Waals surface area contributed by atoms with Gasteiger partial charge in [0.15, 0.2) is 0 Å². The summed E-state index contributed by atoms with van der Waals surface area (Å²) in [6.07, 6.45) is 0. The molecule has 0 atom stereocenters. The SMILES string of the molecule is O=S(=O)([O-])c1cc(Br)c(Br)s1.O=S(=O)([O-])c1cc(Br)c(Br)s1.[Ca+2]. The van der Waals surface area contributed by atoms with Crippen molar-refractivity contribution in [3.8, 4) is 0 Å². The van der Waals surface area contributed by atoms with Crippen LogP contribution in [0.25, 0.3) is 0 Å². The van der Waals surface area contributed by atoms with Gasteiger partial charge in [0.1, 0.15) is 28.7 Å². The summed E-state index contributed by atoms with van der Waals surface area (Å²) in [6.45, 7) is 0. The molecular weight excluding hydrogens is 680 g/mol. The van der Waals surface area contributed by atoms with Gasteiger partial charge in [-0.15, -0.1) is 22.7 Å². The molecule has 0 aliphatic heterocycles. The minimum atomic E-state index is -4.30. The molecule has 0 saturated carbocycles. The van der Waals surface area contributed by atoms with Crippen LogP contribution >= 0.6 is 86.4 Å². The van der Waals surface area contributed by atoms with Gasteiger partial charge in [-0.2, -0.15) is 0 Å². The van der Waals surface area contributed by atoms with E-state index in [-0.39, 0.29) is 46.2 Å². The predicted octanol–water partition coefficient (Wildman–Crippen LogP) is 3.97. The van der Waals surface area contributed by atoms with Crippen molar-refractivity contribution in [1.29, 1.82) is 0 Å². The summed E-state index contributed by atoms with van der Waals surface area (Å²) >= 11 is 14.1. The first-order chi connectivity index (χ1) is 9.82. The Hall–Kier alpha value is 2.40. The van der Waals surface area contributed by atoms with Crippen molar-refractivity contribution in [2.24, 2.45) is 0 Å². The van der Waals surface area contributed by atoms with E-state index in [0.717, 1.165) is 22.7 Å². The Labute approximate surface area is 204 Å². The molecule has 0 bridgehead atoms. The van der Waals surface area contributed by atoms with E-state index >= 15 is 0 Å². The Morgan fingerprint density at radius 3 is 1.09 bits per heavy atom. The standard InChI is InChI=1S/2C4H2Br2O3S2.Ca/c2*5-2-1-3(10-4(2)6)11(7,8)9;/h2*1H,(H,7,8,9);/q;;+2/p-2. The van der Waals surface area contributed by atoms with Gasteiger partial charge in [0, 0.05) is 8.95 Å². The van der Waals surface area contributed by atoms with E-state index in [1.807, 2.05) is 0 Å². The van der Waals surface area contributed by atoms with Gasteiger partial charge < -0.3 is 9.11 Å². The zero-order valence-electron chi connectivity index (χ0n) is 10.5. The molecule has 0 spiro atoms. The third kappa shape index (κ3) is 8.30. The Bertz CT molecular complexity index is 775. The molecule has 15 heteroatoms. The Balaban J connectivity index is 0.000000403. The van der Waals surface area contributed by atoms with Gasteiger partial charge in [-0.05, 0) is 75.9 Å². The Morgan fingerprint density at radius 2 is 1.00 bits per heavy atom. The summed E-state index contributed by atoms with van der Waals surface area (Å²) in [6, 6.07) is 2.55. The van der Waals surface area contributed by atoms with Crippen LogP contribution in [-0.2, 0) is 20.2 Å². The topological polar surface area (TPSA) is 114 Å². The molecule has 0 saturated heterocycles. The minimum absolute atomic E-state index is 0.